The number of carbonyl (C=O) groups is 1. The van der Waals surface area contributed by atoms with Crippen LogP contribution in [-0.4, -0.2) is 42.2 Å². The van der Waals surface area contributed by atoms with E-state index in [9.17, 15) is 9.90 Å². The van der Waals surface area contributed by atoms with Gasteiger partial charge in [0.1, 0.15) is 6.61 Å². The lowest BCUT2D eigenvalue weighted by atomic mass is 10.2. The summed E-state index contributed by atoms with van der Waals surface area (Å²) in [6.07, 6.45) is 1.46. The molecule has 0 heterocycles. The molecule has 0 aliphatic rings. The van der Waals surface area contributed by atoms with Gasteiger partial charge in [-0.2, -0.15) is 0 Å². The maximum Gasteiger partial charge on any atom is 0.255 e. The van der Waals surface area contributed by atoms with E-state index in [2.05, 4.69) is 0 Å². The molecule has 2 aromatic carbocycles. The number of likely N-dealkylation sites (N-methyl/N-ethyl adjacent to an activating group) is 1. The van der Waals surface area contributed by atoms with Crippen molar-refractivity contribution in [3.05, 3.63) is 84.1 Å². The lowest BCUT2D eigenvalue weighted by molar-refractivity contribution is -0.137. The second-order valence-corrected chi connectivity index (χ2v) is 5.87. The van der Waals surface area contributed by atoms with Crippen LogP contribution in [0.4, 0.5) is 0 Å². The summed E-state index contributed by atoms with van der Waals surface area (Å²) in [6, 6.07) is 19.5. The third-order valence-electron chi connectivity index (χ3n) is 3.76. The van der Waals surface area contributed by atoms with Gasteiger partial charge in [-0.1, -0.05) is 60.7 Å². The molecule has 138 valence electrons. The van der Waals surface area contributed by atoms with Gasteiger partial charge >= 0.3 is 0 Å². The van der Waals surface area contributed by atoms with Gasteiger partial charge in [0.15, 0.2) is 6.10 Å². The fourth-order valence-electron chi connectivity index (χ4n) is 2.23. The quantitative estimate of drug-likeness (QED) is 0.526. The van der Waals surface area contributed by atoms with Gasteiger partial charge in [-0.25, -0.2) is 0 Å². The Morgan fingerprint density at radius 3 is 2.23 bits per heavy atom. The van der Waals surface area contributed by atoms with Crippen molar-refractivity contribution < 1.29 is 19.4 Å². The summed E-state index contributed by atoms with van der Waals surface area (Å²) in [5, 5.41) is 9.92. The molecular formula is C21H25NO4. The first-order valence-electron chi connectivity index (χ1n) is 8.53. The highest BCUT2D eigenvalue weighted by molar-refractivity contribution is 5.82. The molecule has 0 saturated heterocycles. The predicted molar refractivity (Wildman–Crippen MR) is 100 cm³/mol. The molecule has 0 spiro atoms. The van der Waals surface area contributed by atoms with Crippen LogP contribution in [0.5, 0.6) is 0 Å². The zero-order chi connectivity index (χ0) is 18.6. The first-order valence-corrected chi connectivity index (χ1v) is 8.53. The number of hydrogen-bond donors (Lipinski definition) is 1. The maximum atomic E-state index is 12.1. The first kappa shape index (κ1) is 19.7. The van der Waals surface area contributed by atoms with Crippen LogP contribution < -0.4 is 0 Å². The summed E-state index contributed by atoms with van der Waals surface area (Å²) < 4.78 is 10.9. The zero-order valence-electron chi connectivity index (χ0n) is 15.0. The molecule has 0 aliphatic carbocycles. The Kier molecular flexibility index (Phi) is 8.39. The van der Waals surface area contributed by atoms with Gasteiger partial charge in [-0.3, -0.25) is 4.79 Å². The van der Waals surface area contributed by atoms with Crippen molar-refractivity contribution >= 4 is 5.91 Å². The van der Waals surface area contributed by atoms with Crippen molar-refractivity contribution in [1.29, 1.82) is 0 Å². The molecule has 1 unspecified atom stereocenters. The van der Waals surface area contributed by atoms with Crippen molar-refractivity contribution in [2.75, 3.05) is 20.2 Å². The van der Waals surface area contributed by atoms with Crippen molar-refractivity contribution in [3.63, 3.8) is 0 Å². The number of amides is 1. The van der Waals surface area contributed by atoms with E-state index < -0.39 is 12.0 Å². The van der Waals surface area contributed by atoms with Gasteiger partial charge in [-0.05, 0) is 17.2 Å². The Morgan fingerprint density at radius 1 is 1.04 bits per heavy atom. The molecule has 1 amide bonds. The summed E-state index contributed by atoms with van der Waals surface area (Å²) in [7, 11) is 1.64. The van der Waals surface area contributed by atoms with E-state index in [1.807, 2.05) is 60.7 Å². The summed E-state index contributed by atoms with van der Waals surface area (Å²) in [6.45, 7) is 1.69. The van der Waals surface area contributed by atoms with Crippen molar-refractivity contribution in [3.8, 4) is 0 Å². The molecule has 0 aliphatic heterocycles. The van der Waals surface area contributed by atoms with Gasteiger partial charge < -0.3 is 19.5 Å². The fourth-order valence-corrected chi connectivity index (χ4v) is 2.23. The average molecular weight is 355 g/mol. The minimum Gasteiger partial charge on any atom is -0.497 e. The van der Waals surface area contributed by atoms with Crippen molar-refractivity contribution in [1.82, 2.24) is 4.90 Å². The number of ether oxygens (including phenoxy) is 2. The molecule has 1 atom stereocenters. The lowest BCUT2D eigenvalue weighted by Crippen LogP contribution is -2.37. The second-order valence-electron chi connectivity index (χ2n) is 5.87. The Bertz CT molecular complexity index is 673. The molecule has 5 nitrogen and oxygen atoms in total. The van der Waals surface area contributed by atoms with Crippen LogP contribution in [0.3, 0.4) is 0 Å². The summed E-state index contributed by atoms with van der Waals surface area (Å²) in [5.74, 6) is -0.395. The van der Waals surface area contributed by atoms with Crippen LogP contribution >= 0.6 is 0 Å². The topological polar surface area (TPSA) is 59.0 Å². The fraction of sp³-hybridized carbons (Fsp3) is 0.286. The van der Waals surface area contributed by atoms with E-state index in [4.69, 9.17) is 9.47 Å². The molecule has 1 N–H and O–H groups in total. The number of hydrogen-bond acceptors (Lipinski definition) is 4. The molecule has 2 aromatic rings. The van der Waals surface area contributed by atoms with Crippen LogP contribution in [-0.2, 0) is 27.5 Å². The average Bonchev–Trinajstić information content (AvgIpc) is 2.69. The van der Waals surface area contributed by atoms with Gasteiger partial charge in [0.05, 0.1) is 19.5 Å². The number of carbonyl (C=O) groups excluding carboxylic acids is 1. The van der Waals surface area contributed by atoms with E-state index in [1.165, 1.54) is 17.2 Å². The SMILES string of the molecule is CN(CCOCc1ccccc1)C(=O)C(O)/C=C/OCc1ccccc1. The highest BCUT2D eigenvalue weighted by Gasteiger charge is 2.16. The van der Waals surface area contributed by atoms with E-state index in [0.717, 1.165) is 11.1 Å². The van der Waals surface area contributed by atoms with Crippen LogP contribution in [0.1, 0.15) is 11.1 Å². The minimum atomic E-state index is -1.23. The number of rotatable bonds is 10. The second kappa shape index (κ2) is 11.1. The highest BCUT2D eigenvalue weighted by atomic mass is 16.5. The van der Waals surface area contributed by atoms with E-state index >= 15 is 0 Å². The van der Waals surface area contributed by atoms with Crippen molar-refractivity contribution in [2.24, 2.45) is 0 Å². The highest BCUT2D eigenvalue weighted by Crippen LogP contribution is 2.03. The summed E-state index contributed by atoms with van der Waals surface area (Å²) in [5.41, 5.74) is 2.10. The molecule has 26 heavy (non-hydrogen) atoms. The Hall–Kier alpha value is -2.63. The smallest absolute Gasteiger partial charge is 0.255 e. The standard InChI is InChI=1S/C21H25NO4/c1-22(13-15-26-17-19-10-6-3-7-11-19)21(24)20(23)12-14-25-16-18-8-4-2-5-9-18/h2-12,14,20,23H,13,15-17H2,1H3/b14-12+. The van der Waals surface area contributed by atoms with Gasteiger partial charge in [0, 0.05) is 13.6 Å². The number of aliphatic hydroxyl groups excluding tert-OH is 1. The van der Waals surface area contributed by atoms with Gasteiger partial charge in [-0.15, -0.1) is 0 Å². The van der Waals surface area contributed by atoms with Crippen LogP contribution in [0, 0.1) is 0 Å². The summed E-state index contributed by atoms with van der Waals surface area (Å²) >= 11 is 0. The maximum absolute atomic E-state index is 12.1. The monoisotopic (exact) mass is 355 g/mol. The lowest BCUT2D eigenvalue weighted by Gasteiger charge is -2.19. The number of aliphatic hydroxyl groups is 1. The molecule has 0 aromatic heterocycles. The third kappa shape index (κ3) is 7.09. The minimum absolute atomic E-state index is 0.390. The third-order valence-corrected chi connectivity index (χ3v) is 3.76. The predicted octanol–water partition coefficient (Wildman–Crippen LogP) is 2.75. The van der Waals surface area contributed by atoms with Crippen molar-refractivity contribution in [2.45, 2.75) is 19.3 Å². The van der Waals surface area contributed by atoms with Crippen LogP contribution in [0.25, 0.3) is 0 Å². The Labute approximate surface area is 154 Å². The molecule has 0 fully saturated rings. The normalized spacial score (nSPS) is 12.1. The zero-order valence-corrected chi connectivity index (χ0v) is 15.0. The Morgan fingerprint density at radius 2 is 1.62 bits per heavy atom. The van der Waals surface area contributed by atoms with Gasteiger partial charge in [0.25, 0.3) is 5.91 Å². The van der Waals surface area contributed by atoms with E-state index in [1.54, 1.807) is 7.05 Å². The Balaban J connectivity index is 1.63. The molecule has 0 saturated carbocycles. The van der Waals surface area contributed by atoms with E-state index in [-0.39, 0.29) is 0 Å². The first-order chi connectivity index (χ1) is 12.7. The molecule has 0 bridgehead atoms. The number of benzene rings is 2. The molecular weight excluding hydrogens is 330 g/mol. The molecule has 5 heteroatoms. The van der Waals surface area contributed by atoms with Gasteiger partial charge in [0.2, 0.25) is 0 Å². The largest absolute Gasteiger partial charge is 0.497 e. The molecule has 0 radical (unpaired) electrons. The summed E-state index contributed by atoms with van der Waals surface area (Å²) in [4.78, 5) is 13.5. The van der Waals surface area contributed by atoms with E-state index in [0.29, 0.717) is 26.4 Å². The van der Waals surface area contributed by atoms with Crippen LogP contribution in [0.2, 0.25) is 0 Å². The number of nitrogens with zero attached hydrogens (tertiary/aromatic N) is 1. The van der Waals surface area contributed by atoms with Crippen LogP contribution in [0.15, 0.2) is 73.0 Å². The molecule has 2 rings (SSSR count).